The fraction of sp³-hybridized carbons (Fsp3) is 0. The predicted octanol–water partition coefficient (Wildman–Crippen LogP) is 1.70. The summed E-state index contributed by atoms with van der Waals surface area (Å²) < 4.78 is 12.3. The van der Waals surface area contributed by atoms with E-state index < -0.39 is 0 Å². The second-order valence-corrected chi connectivity index (χ2v) is 1.87. The van der Waals surface area contributed by atoms with Gasteiger partial charge < -0.3 is 0 Å². The Hall–Kier alpha value is -1.80. The molecule has 1 aromatic carbocycles. The van der Waals surface area contributed by atoms with E-state index in [2.05, 4.69) is 11.8 Å². The summed E-state index contributed by atoms with van der Waals surface area (Å²) >= 11 is 0. The molecule has 0 spiro atoms. The van der Waals surface area contributed by atoms with Crippen molar-refractivity contribution in [2.45, 2.75) is 0 Å². The van der Waals surface area contributed by atoms with Crippen LogP contribution in [-0.2, 0) is 0 Å². The van der Waals surface area contributed by atoms with Crippen LogP contribution >= 0.6 is 0 Å². The molecule has 1 aromatic rings. The highest BCUT2D eigenvalue weighted by Crippen LogP contribution is 1.99. The fourth-order valence-electron chi connectivity index (χ4n) is 0.633. The van der Waals surface area contributed by atoms with Gasteiger partial charge in [0.1, 0.15) is 5.82 Å². The van der Waals surface area contributed by atoms with Crippen molar-refractivity contribution in [1.29, 1.82) is 5.26 Å². The van der Waals surface area contributed by atoms with Gasteiger partial charge in [-0.1, -0.05) is 5.92 Å². The molecule has 0 saturated carbocycles. The summed E-state index contributed by atoms with van der Waals surface area (Å²) in [5.74, 6) is 4.46. The van der Waals surface area contributed by atoms with Gasteiger partial charge in [-0.25, -0.2) is 4.39 Å². The molecule has 0 atom stereocenters. The van der Waals surface area contributed by atoms with Crippen LogP contribution in [0.25, 0.3) is 0 Å². The lowest BCUT2D eigenvalue weighted by molar-refractivity contribution is 0.627. The zero-order valence-electron chi connectivity index (χ0n) is 5.63. The summed E-state index contributed by atoms with van der Waals surface area (Å²) in [5, 5.41) is 8.08. The molecule has 1 nitrogen and oxygen atoms in total. The van der Waals surface area contributed by atoms with Gasteiger partial charge in [0.25, 0.3) is 0 Å². The van der Waals surface area contributed by atoms with Crippen molar-refractivity contribution in [3.05, 3.63) is 35.6 Å². The first-order valence-electron chi connectivity index (χ1n) is 2.98. The van der Waals surface area contributed by atoms with Gasteiger partial charge in [-0.2, -0.15) is 5.26 Å². The molecular formula is C9H4FN. The van der Waals surface area contributed by atoms with Gasteiger partial charge in [-0.3, -0.25) is 0 Å². The summed E-state index contributed by atoms with van der Waals surface area (Å²) in [6.45, 7) is 0. The van der Waals surface area contributed by atoms with E-state index >= 15 is 0 Å². The molecule has 0 bridgehead atoms. The number of halogens is 1. The molecule has 0 saturated heterocycles. The minimum absolute atomic E-state index is 0.299. The molecule has 0 N–H and O–H groups in total. The molecule has 0 fully saturated rings. The Bertz CT molecular complexity index is 335. The Balaban J connectivity index is 2.93. The molecule has 0 aliphatic rings. The lowest BCUT2D eigenvalue weighted by Gasteiger charge is -1.86. The zero-order valence-corrected chi connectivity index (χ0v) is 5.63. The lowest BCUT2D eigenvalue weighted by atomic mass is 10.2. The maximum absolute atomic E-state index is 12.3. The number of benzene rings is 1. The van der Waals surface area contributed by atoms with Crippen LogP contribution in [0, 0.1) is 29.0 Å². The maximum atomic E-state index is 12.3. The molecule has 0 aromatic heterocycles. The van der Waals surface area contributed by atoms with E-state index in [0.29, 0.717) is 5.56 Å². The molecular weight excluding hydrogens is 140 g/mol. The van der Waals surface area contributed by atoms with Gasteiger partial charge in [0.15, 0.2) is 6.07 Å². The summed E-state index contributed by atoms with van der Waals surface area (Å²) in [7, 11) is 0. The molecule has 0 radical (unpaired) electrons. The SMILES string of the molecule is N#CC#Cc1ccc([18F])cc1. The Morgan fingerprint density at radius 1 is 1.18 bits per heavy atom. The van der Waals surface area contributed by atoms with Crippen molar-refractivity contribution in [2.75, 3.05) is 0 Å². The number of rotatable bonds is 0. The van der Waals surface area contributed by atoms with Crippen molar-refractivity contribution in [1.82, 2.24) is 0 Å². The third kappa shape index (κ3) is 2.12. The average molecular weight is 144 g/mol. The monoisotopic (exact) mass is 144 g/mol. The van der Waals surface area contributed by atoms with Crippen molar-refractivity contribution in [3.63, 3.8) is 0 Å². The topological polar surface area (TPSA) is 23.8 Å². The molecule has 0 heterocycles. The minimum atomic E-state index is -0.299. The molecule has 52 valence electrons. The van der Waals surface area contributed by atoms with Crippen LogP contribution in [0.15, 0.2) is 24.3 Å². The highest BCUT2D eigenvalue weighted by atomic mass is 18.2. The smallest absolute Gasteiger partial charge is 0.152 e. The van der Waals surface area contributed by atoms with E-state index in [-0.39, 0.29) is 5.82 Å². The third-order valence-corrected chi connectivity index (χ3v) is 1.11. The fourth-order valence-corrected chi connectivity index (χ4v) is 0.633. The number of hydrogen-bond acceptors (Lipinski definition) is 1. The molecule has 0 unspecified atom stereocenters. The van der Waals surface area contributed by atoms with E-state index in [1.165, 1.54) is 24.3 Å². The van der Waals surface area contributed by atoms with E-state index in [9.17, 15) is 4.39 Å². The Kier molecular flexibility index (Phi) is 2.25. The highest BCUT2D eigenvalue weighted by molar-refractivity contribution is 5.37. The van der Waals surface area contributed by atoms with Crippen molar-refractivity contribution in [3.8, 4) is 17.9 Å². The molecule has 0 amide bonds. The van der Waals surface area contributed by atoms with E-state index in [1.54, 1.807) is 6.07 Å². The molecule has 11 heavy (non-hydrogen) atoms. The van der Waals surface area contributed by atoms with Crippen molar-refractivity contribution < 1.29 is 4.39 Å². The maximum Gasteiger partial charge on any atom is 0.152 e. The molecule has 0 aliphatic carbocycles. The lowest BCUT2D eigenvalue weighted by Crippen LogP contribution is -1.74. The zero-order chi connectivity index (χ0) is 8.10. The standard InChI is InChI=1S/C9H4FN/c10-9-5-3-8(4-6-9)2-1-7-11/h3-6H/i10-1. The highest BCUT2D eigenvalue weighted by Gasteiger charge is 1.87. The summed E-state index contributed by atoms with van der Waals surface area (Å²) in [5.41, 5.74) is 0.646. The van der Waals surface area contributed by atoms with Gasteiger partial charge in [-0.15, -0.1) is 0 Å². The van der Waals surface area contributed by atoms with Gasteiger partial charge >= 0.3 is 0 Å². The van der Waals surface area contributed by atoms with Gasteiger partial charge in [0.05, 0.1) is 0 Å². The van der Waals surface area contributed by atoms with Gasteiger partial charge in [-0.05, 0) is 24.3 Å². The quantitative estimate of drug-likeness (QED) is 0.508. The van der Waals surface area contributed by atoms with Crippen LogP contribution in [0.2, 0.25) is 0 Å². The number of nitriles is 1. The number of nitrogens with zero attached hydrogens (tertiary/aromatic N) is 1. The van der Waals surface area contributed by atoms with E-state index in [1.807, 2.05) is 0 Å². The van der Waals surface area contributed by atoms with Crippen LogP contribution in [0.5, 0.6) is 0 Å². The van der Waals surface area contributed by atoms with E-state index in [0.717, 1.165) is 0 Å². The second kappa shape index (κ2) is 3.39. The van der Waals surface area contributed by atoms with E-state index in [4.69, 9.17) is 5.26 Å². The summed E-state index contributed by atoms with van der Waals surface area (Å²) in [4.78, 5) is 0. The first-order chi connectivity index (χ1) is 5.33. The van der Waals surface area contributed by atoms with Crippen LogP contribution in [0.4, 0.5) is 4.39 Å². The second-order valence-electron chi connectivity index (χ2n) is 1.87. The largest absolute Gasteiger partial charge is 0.207 e. The summed E-state index contributed by atoms with van der Waals surface area (Å²) in [6, 6.07) is 7.34. The van der Waals surface area contributed by atoms with Crippen LogP contribution in [-0.4, -0.2) is 0 Å². The number of hydrogen-bond donors (Lipinski definition) is 0. The molecule has 1 rings (SSSR count). The summed E-state index contributed by atoms with van der Waals surface area (Å²) in [6.07, 6.45) is 0. The third-order valence-electron chi connectivity index (χ3n) is 1.11. The van der Waals surface area contributed by atoms with Gasteiger partial charge in [0.2, 0.25) is 0 Å². The molecule has 0 aliphatic heterocycles. The van der Waals surface area contributed by atoms with Crippen LogP contribution in [0.3, 0.4) is 0 Å². The average Bonchev–Trinajstić information content (AvgIpc) is 2.04. The first-order valence-corrected chi connectivity index (χ1v) is 2.98. The first kappa shape index (κ1) is 7.31. The normalized spacial score (nSPS) is 7.64. The van der Waals surface area contributed by atoms with Crippen molar-refractivity contribution in [2.24, 2.45) is 0 Å². The Morgan fingerprint density at radius 2 is 1.82 bits per heavy atom. The minimum Gasteiger partial charge on any atom is -0.207 e. The van der Waals surface area contributed by atoms with Crippen LogP contribution in [0.1, 0.15) is 5.56 Å². The Labute approximate surface area is 64.1 Å². The Morgan fingerprint density at radius 3 is 2.36 bits per heavy atom. The van der Waals surface area contributed by atoms with Crippen molar-refractivity contribution >= 4 is 0 Å². The molecule has 2 heteroatoms. The predicted molar refractivity (Wildman–Crippen MR) is 38.9 cm³/mol. The van der Waals surface area contributed by atoms with Gasteiger partial charge in [0, 0.05) is 11.5 Å². The van der Waals surface area contributed by atoms with Crippen LogP contribution < -0.4 is 0 Å².